The number of rotatable bonds is 3. The maximum atomic E-state index is 10.5. The molecule has 1 heterocycles. The van der Waals surface area contributed by atoms with Crippen LogP contribution in [-0.2, 0) is 17.6 Å². The van der Waals surface area contributed by atoms with E-state index in [1.165, 1.54) is 54.3 Å². The van der Waals surface area contributed by atoms with Gasteiger partial charge in [-0.2, -0.15) is 0 Å². The Kier molecular flexibility index (Phi) is 11.1. The number of aromatic nitrogens is 1. The zero-order valence-corrected chi connectivity index (χ0v) is 20.4. The summed E-state index contributed by atoms with van der Waals surface area (Å²) < 4.78 is 10.2. The third-order valence-corrected chi connectivity index (χ3v) is 5.97. The van der Waals surface area contributed by atoms with Crippen LogP contribution in [0.4, 0.5) is 5.69 Å². The smallest absolute Gasteiger partial charge is 0.132 e. The molecule has 1 saturated carbocycles. The number of carbonyl (C=O) groups excluding carboxylic acids is 1. The van der Waals surface area contributed by atoms with Crippen LogP contribution in [0.25, 0.3) is 10.9 Å². The topological polar surface area (TPSA) is 89.4 Å². The van der Waals surface area contributed by atoms with Crippen LogP contribution in [0, 0.1) is 0 Å². The molecular weight excluding hydrogens is 438 g/mol. The Bertz CT molecular complexity index is 971. The lowest BCUT2D eigenvalue weighted by atomic mass is 9.96. The Labute approximate surface area is 202 Å². The number of nitrogens with one attached hydrogen (secondary N) is 2. The number of aryl methyl sites for hydroxylation is 2. The third kappa shape index (κ3) is 7.69. The monoisotopic (exact) mass is 473 g/mol. The Morgan fingerprint density at radius 3 is 2.00 bits per heavy atom. The first-order chi connectivity index (χ1) is 15.6. The average Bonchev–Trinajstić information content (AvgIpc) is 3.23. The number of halogens is 1. The molecule has 33 heavy (non-hydrogen) atoms. The van der Waals surface area contributed by atoms with E-state index in [0.717, 1.165) is 42.9 Å². The zero-order valence-electron chi connectivity index (χ0n) is 19.6. The standard InChI is InChI=1S/C13H15NO.C7H10N2O.C6H10O.ClH/c1-15-9-6-7-13-11(8-9)10-4-2-3-5-12(10)14-13;1-10-7-4-2-6(9-8)3-5-7;7-6-4-2-1-3-5-6;/h6-8,14H,2-5H2,1H3;2-5,9H,8H2,1H3;1-5H2;1H. The van der Waals surface area contributed by atoms with Crippen LogP contribution in [0.15, 0.2) is 42.5 Å². The maximum absolute atomic E-state index is 10.5. The highest BCUT2D eigenvalue weighted by Crippen LogP contribution is 2.31. The van der Waals surface area contributed by atoms with E-state index < -0.39 is 0 Å². The second-order valence-electron chi connectivity index (χ2n) is 8.17. The average molecular weight is 474 g/mol. The number of hydrogen-bond donors (Lipinski definition) is 3. The second kappa shape index (κ2) is 13.8. The van der Waals surface area contributed by atoms with Crippen molar-refractivity contribution in [1.29, 1.82) is 0 Å². The Morgan fingerprint density at radius 2 is 1.42 bits per heavy atom. The number of hydrogen-bond acceptors (Lipinski definition) is 5. The number of ether oxygens (including phenoxy) is 2. The van der Waals surface area contributed by atoms with Gasteiger partial charge in [0.05, 0.1) is 14.2 Å². The van der Waals surface area contributed by atoms with Gasteiger partial charge in [-0.25, -0.2) is 0 Å². The number of nitrogens with two attached hydrogens (primary N) is 1. The number of Topliss-reactive ketones (excluding diaryl/α,β-unsaturated/α-hetero) is 1. The first kappa shape index (κ1) is 26.6. The zero-order chi connectivity index (χ0) is 22.8. The number of nitrogen functional groups attached to an aromatic ring is 1. The van der Waals surface area contributed by atoms with E-state index >= 15 is 0 Å². The van der Waals surface area contributed by atoms with Gasteiger partial charge >= 0.3 is 0 Å². The number of fused-ring (bicyclic) bond motifs is 3. The van der Waals surface area contributed by atoms with Crippen molar-refractivity contribution >= 4 is 34.8 Å². The number of methoxy groups -OCH3 is 2. The van der Waals surface area contributed by atoms with Gasteiger partial charge in [0.2, 0.25) is 0 Å². The maximum Gasteiger partial charge on any atom is 0.132 e. The van der Waals surface area contributed by atoms with E-state index in [9.17, 15) is 4.79 Å². The van der Waals surface area contributed by atoms with Crippen LogP contribution < -0.4 is 20.7 Å². The molecule has 4 N–H and O–H groups in total. The van der Waals surface area contributed by atoms with Gasteiger partial charge in [0.1, 0.15) is 17.3 Å². The predicted octanol–water partition coefficient (Wildman–Crippen LogP) is 5.98. The van der Waals surface area contributed by atoms with Gasteiger partial charge in [0, 0.05) is 35.1 Å². The fraction of sp³-hybridized carbons (Fsp3) is 0.423. The summed E-state index contributed by atoms with van der Waals surface area (Å²) >= 11 is 0. The molecule has 0 spiro atoms. The summed E-state index contributed by atoms with van der Waals surface area (Å²) in [5, 5.41) is 1.35. The fourth-order valence-corrected chi connectivity index (χ4v) is 4.15. The van der Waals surface area contributed by atoms with Crippen LogP contribution in [0.3, 0.4) is 0 Å². The van der Waals surface area contributed by atoms with Crippen molar-refractivity contribution in [3.63, 3.8) is 0 Å². The summed E-state index contributed by atoms with van der Waals surface area (Å²) in [6.07, 6.45) is 10.3. The number of benzene rings is 2. The minimum absolute atomic E-state index is 0. The predicted molar refractivity (Wildman–Crippen MR) is 138 cm³/mol. The lowest BCUT2D eigenvalue weighted by Crippen LogP contribution is -2.05. The number of carbonyl (C=O) groups is 1. The molecule has 1 fully saturated rings. The number of ketones is 1. The van der Waals surface area contributed by atoms with Gasteiger partial charge < -0.3 is 19.9 Å². The Morgan fingerprint density at radius 1 is 0.818 bits per heavy atom. The van der Waals surface area contributed by atoms with Gasteiger partial charge in [-0.1, -0.05) is 6.42 Å². The van der Waals surface area contributed by atoms with E-state index in [2.05, 4.69) is 22.5 Å². The molecule has 2 aromatic carbocycles. The van der Waals surface area contributed by atoms with Gasteiger partial charge in [-0.15, -0.1) is 12.4 Å². The van der Waals surface area contributed by atoms with Crippen LogP contribution in [0.1, 0.15) is 56.2 Å². The van der Waals surface area contributed by atoms with Crippen molar-refractivity contribution in [2.45, 2.75) is 57.8 Å². The molecule has 0 amide bonds. The van der Waals surface area contributed by atoms with E-state index in [-0.39, 0.29) is 12.4 Å². The Balaban J connectivity index is 0.000000187. The lowest BCUT2D eigenvalue weighted by molar-refractivity contribution is -0.120. The SMILES string of the molecule is COc1ccc(NN)cc1.COc1ccc2[nH]c3c(c2c1)CCCC3.Cl.O=C1CCCCC1. The molecule has 2 aliphatic rings. The van der Waals surface area contributed by atoms with Crippen LogP contribution in [-0.4, -0.2) is 25.0 Å². The number of aromatic amines is 1. The summed E-state index contributed by atoms with van der Waals surface area (Å²) in [6.45, 7) is 0. The largest absolute Gasteiger partial charge is 0.497 e. The molecule has 0 unspecified atom stereocenters. The van der Waals surface area contributed by atoms with Gasteiger partial charge in [-0.05, 0) is 86.6 Å². The van der Waals surface area contributed by atoms with Gasteiger partial charge in [-0.3, -0.25) is 10.6 Å². The molecule has 0 atom stereocenters. The highest BCUT2D eigenvalue weighted by atomic mass is 35.5. The first-order valence-corrected chi connectivity index (χ1v) is 11.4. The van der Waals surface area contributed by atoms with Crippen molar-refractivity contribution < 1.29 is 14.3 Å². The number of anilines is 1. The van der Waals surface area contributed by atoms with E-state index in [0.29, 0.717) is 5.78 Å². The molecule has 0 saturated heterocycles. The number of hydrazine groups is 1. The molecular formula is C26H36ClN3O3. The molecule has 3 aromatic rings. The van der Waals surface area contributed by atoms with Crippen molar-refractivity contribution in [1.82, 2.24) is 4.98 Å². The minimum atomic E-state index is 0. The molecule has 0 radical (unpaired) electrons. The molecule has 180 valence electrons. The van der Waals surface area contributed by atoms with Gasteiger partial charge in [0.25, 0.3) is 0 Å². The van der Waals surface area contributed by atoms with E-state index in [4.69, 9.17) is 15.3 Å². The van der Waals surface area contributed by atoms with E-state index in [1.54, 1.807) is 14.2 Å². The second-order valence-corrected chi connectivity index (χ2v) is 8.17. The van der Waals surface area contributed by atoms with Crippen LogP contribution >= 0.6 is 12.4 Å². The minimum Gasteiger partial charge on any atom is -0.497 e. The van der Waals surface area contributed by atoms with Crippen molar-refractivity contribution in [2.75, 3.05) is 19.6 Å². The molecule has 0 bridgehead atoms. The molecule has 0 aliphatic heterocycles. The molecule has 2 aliphatic carbocycles. The summed E-state index contributed by atoms with van der Waals surface area (Å²) in [4.78, 5) is 14.0. The molecule has 5 rings (SSSR count). The Hall–Kier alpha value is -2.70. The summed E-state index contributed by atoms with van der Waals surface area (Å²) in [7, 11) is 3.35. The van der Waals surface area contributed by atoms with Crippen molar-refractivity contribution in [3.05, 3.63) is 53.7 Å². The van der Waals surface area contributed by atoms with Crippen molar-refractivity contribution in [2.24, 2.45) is 5.84 Å². The van der Waals surface area contributed by atoms with Crippen LogP contribution in [0.5, 0.6) is 11.5 Å². The van der Waals surface area contributed by atoms with E-state index in [1.807, 2.05) is 30.3 Å². The summed E-state index contributed by atoms with van der Waals surface area (Å²) in [5.74, 6) is 7.40. The molecule has 1 aromatic heterocycles. The highest BCUT2D eigenvalue weighted by molar-refractivity contribution is 5.86. The molecule has 7 heteroatoms. The lowest BCUT2D eigenvalue weighted by Gasteiger charge is -2.10. The van der Waals surface area contributed by atoms with Crippen molar-refractivity contribution in [3.8, 4) is 11.5 Å². The normalized spacial score (nSPS) is 14.5. The van der Waals surface area contributed by atoms with Gasteiger partial charge in [0.15, 0.2) is 0 Å². The summed E-state index contributed by atoms with van der Waals surface area (Å²) in [5.41, 5.74) is 7.60. The third-order valence-electron chi connectivity index (χ3n) is 5.97. The quantitative estimate of drug-likeness (QED) is 0.321. The number of H-pyrrole nitrogens is 1. The fourth-order valence-electron chi connectivity index (χ4n) is 4.15. The van der Waals surface area contributed by atoms with Crippen LogP contribution in [0.2, 0.25) is 0 Å². The highest BCUT2D eigenvalue weighted by Gasteiger charge is 2.15. The first-order valence-electron chi connectivity index (χ1n) is 11.4. The summed E-state index contributed by atoms with van der Waals surface area (Å²) in [6, 6.07) is 13.7. The molecule has 6 nitrogen and oxygen atoms in total.